The second-order valence-corrected chi connectivity index (χ2v) is 8.14. The summed E-state index contributed by atoms with van der Waals surface area (Å²) in [5, 5.41) is 3.16. The zero-order valence-electron chi connectivity index (χ0n) is 15.7. The highest BCUT2D eigenvalue weighted by Gasteiger charge is 2.27. The number of methoxy groups -OCH3 is 1. The summed E-state index contributed by atoms with van der Waals surface area (Å²) < 4.78 is 6.42. The minimum absolute atomic E-state index is 0.167. The number of likely N-dealkylation sites (tertiary alicyclic amines) is 1. The lowest BCUT2D eigenvalue weighted by atomic mass is 9.88. The molecule has 2 heterocycles. The van der Waals surface area contributed by atoms with Crippen molar-refractivity contribution in [1.29, 1.82) is 0 Å². The van der Waals surface area contributed by atoms with E-state index in [2.05, 4.69) is 29.2 Å². The standard InChI is InChI=1S/C23H25NO2S/c1-26-19-8-6-17(7-9-19)10-13-24-14-11-18(12-15-24)23(25)21-16-27-22-5-3-2-4-20(21)22/h2-9,16,18H,10-15H2,1H3. The second kappa shape index (κ2) is 8.24. The first-order chi connectivity index (χ1) is 13.2. The normalized spacial score (nSPS) is 15.9. The van der Waals surface area contributed by atoms with E-state index >= 15 is 0 Å². The molecule has 2 aromatic carbocycles. The summed E-state index contributed by atoms with van der Waals surface area (Å²) in [7, 11) is 1.69. The molecular weight excluding hydrogens is 354 g/mol. The fourth-order valence-electron chi connectivity index (χ4n) is 3.89. The van der Waals surface area contributed by atoms with E-state index in [0.717, 1.165) is 55.6 Å². The lowest BCUT2D eigenvalue weighted by Gasteiger charge is -2.31. The summed E-state index contributed by atoms with van der Waals surface area (Å²) in [5.41, 5.74) is 2.26. The number of hydrogen-bond acceptors (Lipinski definition) is 4. The van der Waals surface area contributed by atoms with E-state index in [1.54, 1.807) is 18.4 Å². The first-order valence-electron chi connectivity index (χ1n) is 9.60. The van der Waals surface area contributed by atoms with Crippen LogP contribution in [0.25, 0.3) is 10.1 Å². The number of ketones is 1. The van der Waals surface area contributed by atoms with E-state index in [9.17, 15) is 4.79 Å². The van der Waals surface area contributed by atoms with Crippen molar-refractivity contribution < 1.29 is 9.53 Å². The van der Waals surface area contributed by atoms with Crippen molar-refractivity contribution in [3.05, 3.63) is 65.0 Å². The van der Waals surface area contributed by atoms with Gasteiger partial charge in [-0.2, -0.15) is 0 Å². The van der Waals surface area contributed by atoms with Crippen molar-refractivity contribution in [2.24, 2.45) is 5.92 Å². The van der Waals surface area contributed by atoms with Crippen LogP contribution in [0.15, 0.2) is 53.9 Å². The van der Waals surface area contributed by atoms with E-state index in [1.165, 1.54) is 10.3 Å². The Labute approximate surface area is 164 Å². The fourth-order valence-corrected chi connectivity index (χ4v) is 4.84. The maximum atomic E-state index is 13.0. The molecule has 0 saturated carbocycles. The van der Waals surface area contributed by atoms with E-state index in [-0.39, 0.29) is 5.92 Å². The van der Waals surface area contributed by atoms with E-state index in [1.807, 2.05) is 29.6 Å². The monoisotopic (exact) mass is 379 g/mol. The van der Waals surface area contributed by atoms with Gasteiger partial charge in [0.1, 0.15) is 5.75 Å². The quantitative estimate of drug-likeness (QED) is 0.562. The van der Waals surface area contributed by atoms with Crippen molar-refractivity contribution in [3.63, 3.8) is 0 Å². The predicted molar refractivity (Wildman–Crippen MR) is 112 cm³/mol. The number of Topliss-reactive ketones (excluding diaryl/α,β-unsaturated/α-hetero) is 1. The number of hydrogen-bond donors (Lipinski definition) is 0. The minimum Gasteiger partial charge on any atom is -0.497 e. The molecule has 1 aliphatic heterocycles. The summed E-state index contributed by atoms with van der Waals surface area (Å²) in [4.78, 5) is 15.5. The largest absolute Gasteiger partial charge is 0.497 e. The van der Waals surface area contributed by atoms with Crippen molar-refractivity contribution >= 4 is 27.2 Å². The number of carbonyl (C=O) groups is 1. The average molecular weight is 380 g/mol. The Kier molecular flexibility index (Phi) is 5.55. The Hall–Kier alpha value is -2.17. The van der Waals surface area contributed by atoms with Crippen molar-refractivity contribution in [1.82, 2.24) is 4.90 Å². The van der Waals surface area contributed by atoms with Gasteiger partial charge in [0.25, 0.3) is 0 Å². The van der Waals surface area contributed by atoms with Gasteiger partial charge in [0, 0.05) is 33.5 Å². The highest BCUT2D eigenvalue weighted by Crippen LogP contribution is 2.30. The number of ether oxygens (including phenoxy) is 1. The summed E-state index contributed by atoms with van der Waals surface area (Å²) in [6.45, 7) is 3.07. The van der Waals surface area contributed by atoms with Gasteiger partial charge in [0.05, 0.1) is 7.11 Å². The van der Waals surface area contributed by atoms with Gasteiger partial charge in [0.15, 0.2) is 5.78 Å². The second-order valence-electron chi connectivity index (χ2n) is 7.22. The lowest BCUT2D eigenvalue weighted by molar-refractivity contribution is 0.0843. The lowest BCUT2D eigenvalue weighted by Crippen LogP contribution is -2.37. The molecule has 3 nitrogen and oxygen atoms in total. The van der Waals surface area contributed by atoms with Crippen LogP contribution in [0.3, 0.4) is 0 Å². The Morgan fingerprint density at radius 3 is 2.59 bits per heavy atom. The molecular formula is C23H25NO2S. The smallest absolute Gasteiger partial charge is 0.167 e. The van der Waals surface area contributed by atoms with Gasteiger partial charge < -0.3 is 9.64 Å². The van der Waals surface area contributed by atoms with Gasteiger partial charge in [-0.05, 0) is 56.1 Å². The number of carbonyl (C=O) groups excluding carboxylic acids is 1. The molecule has 0 N–H and O–H groups in total. The number of piperidine rings is 1. The van der Waals surface area contributed by atoms with Crippen molar-refractivity contribution in [2.75, 3.05) is 26.7 Å². The number of thiophene rings is 1. The van der Waals surface area contributed by atoms with Crippen LogP contribution >= 0.6 is 11.3 Å². The van der Waals surface area contributed by atoms with Crippen LogP contribution in [0.5, 0.6) is 5.75 Å². The van der Waals surface area contributed by atoms with Gasteiger partial charge in [-0.15, -0.1) is 11.3 Å². The van der Waals surface area contributed by atoms with Crippen LogP contribution in [0.2, 0.25) is 0 Å². The molecule has 0 amide bonds. The summed E-state index contributed by atoms with van der Waals surface area (Å²) in [6.07, 6.45) is 2.97. The average Bonchev–Trinajstić information content (AvgIpc) is 3.16. The molecule has 4 heteroatoms. The fraction of sp³-hybridized carbons (Fsp3) is 0.348. The molecule has 0 unspecified atom stereocenters. The maximum absolute atomic E-state index is 13.0. The molecule has 1 fully saturated rings. The summed E-state index contributed by atoms with van der Waals surface area (Å²) in [6, 6.07) is 16.5. The van der Waals surface area contributed by atoms with Gasteiger partial charge in [0.2, 0.25) is 0 Å². The van der Waals surface area contributed by atoms with E-state index in [4.69, 9.17) is 4.74 Å². The molecule has 0 bridgehead atoms. The van der Waals surface area contributed by atoms with Gasteiger partial charge >= 0.3 is 0 Å². The third kappa shape index (κ3) is 4.07. The number of nitrogens with zero attached hydrogens (tertiary/aromatic N) is 1. The van der Waals surface area contributed by atoms with Crippen LogP contribution in [-0.2, 0) is 6.42 Å². The number of benzene rings is 2. The highest BCUT2D eigenvalue weighted by molar-refractivity contribution is 7.17. The topological polar surface area (TPSA) is 29.5 Å². The summed E-state index contributed by atoms with van der Waals surface area (Å²) in [5.74, 6) is 1.40. The first-order valence-corrected chi connectivity index (χ1v) is 10.5. The molecule has 0 atom stereocenters. The highest BCUT2D eigenvalue weighted by atomic mass is 32.1. The van der Waals surface area contributed by atoms with E-state index < -0.39 is 0 Å². The molecule has 27 heavy (non-hydrogen) atoms. The zero-order chi connectivity index (χ0) is 18.6. The molecule has 0 aliphatic carbocycles. The Balaban J connectivity index is 1.31. The van der Waals surface area contributed by atoms with Crippen LogP contribution in [0, 0.1) is 5.92 Å². The molecule has 1 aromatic heterocycles. The zero-order valence-corrected chi connectivity index (χ0v) is 16.5. The Bertz CT molecular complexity index is 908. The maximum Gasteiger partial charge on any atom is 0.167 e. The first kappa shape index (κ1) is 18.2. The van der Waals surface area contributed by atoms with Crippen LogP contribution in [0.4, 0.5) is 0 Å². The van der Waals surface area contributed by atoms with Crippen LogP contribution < -0.4 is 4.74 Å². The third-order valence-electron chi connectivity index (χ3n) is 5.58. The number of rotatable bonds is 6. The van der Waals surface area contributed by atoms with Crippen LogP contribution in [0.1, 0.15) is 28.8 Å². The molecule has 0 radical (unpaired) electrons. The van der Waals surface area contributed by atoms with Crippen molar-refractivity contribution in [3.8, 4) is 5.75 Å². The Morgan fingerprint density at radius 1 is 1.11 bits per heavy atom. The van der Waals surface area contributed by atoms with Crippen LogP contribution in [-0.4, -0.2) is 37.4 Å². The SMILES string of the molecule is COc1ccc(CCN2CCC(C(=O)c3csc4ccccc34)CC2)cc1. The number of fused-ring (bicyclic) bond motifs is 1. The Morgan fingerprint density at radius 2 is 1.85 bits per heavy atom. The van der Waals surface area contributed by atoms with Gasteiger partial charge in [-0.3, -0.25) is 4.79 Å². The van der Waals surface area contributed by atoms with Gasteiger partial charge in [-0.1, -0.05) is 30.3 Å². The van der Waals surface area contributed by atoms with Crippen molar-refractivity contribution in [2.45, 2.75) is 19.3 Å². The molecule has 1 saturated heterocycles. The molecule has 140 valence electrons. The molecule has 3 aromatic rings. The molecule has 1 aliphatic rings. The summed E-state index contributed by atoms with van der Waals surface area (Å²) >= 11 is 1.67. The predicted octanol–water partition coefficient (Wildman–Crippen LogP) is 5.05. The molecule has 4 rings (SSSR count). The van der Waals surface area contributed by atoms with Gasteiger partial charge in [-0.25, -0.2) is 0 Å². The van der Waals surface area contributed by atoms with E-state index in [0.29, 0.717) is 5.78 Å². The minimum atomic E-state index is 0.167. The third-order valence-corrected chi connectivity index (χ3v) is 6.54. The molecule has 0 spiro atoms.